The molecule has 118 valence electrons. The molecular weight excluding hydrogens is 290 g/mol. The van der Waals surface area contributed by atoms with E-state index in [9.17, 15) is 13.2 Å². The van der Waals surface area contributed by atoms with E-state index >= 15 is 0 Å². The number of benzene rings is 1. The molecule has 21 heavy (non-hydrogen) atoms. The summed E-state index contributed by atoms with van der Waals surface area (Å²) in [6, 6.07) is 6.88. The van der Waals surface area contributed by atoms with Crippen molar-refractivity contribution in [3.05, 3.63) is 29.8 Å². The maximum Gasteiger partial charge on any atom is 0.241 e. The van der Waals surface area contributed by atoms with Gasteiger partial charge in [-0.25, -0.2) is 8.42 Å². The Balaban J connectivity index is 2.56. The fourth-order valence-electron chi connectivity index (χ4n) is 1.67. The van der Waals surface area contributed by atoms with E-state index in [0.717, 1.165) is 5.56 Å². The van der Waals surface area contributed by atoms with E-state index in [0.29, 0.717) is 18.8 Å². The summed E-state index contributed by atoms with van der Waals surface area (Å²) in [7, 11) is -1.30. The lowest BCUT2D eigenvalue weighted by Gasteiger charge is -2.23. The second-order valence-corrected chi connectivity index (χ2v) is 7.44. The van der Waals surface area contributed by atoms with Crippen LogP contribution < -0.4 is 11.1 Å². The molecule has 3 N–H and O–H groups in total. The van der Waals surface area contributed by atoms with Crippen molar-refractivity contribution in [1.29, 1.82) is 0 Å². The molecular formula is C14H23N3O3S. The van der Waals surface area contributed by atoms with Crippen molar-refractivity contribution < 1.29 is 13.2 Å². The number of sulfone groups is 1. The lowest BCUT2D eigenvalue weighted by molar-refractivity contribution is -0.120. The molecule has 0 saturated carbocycles. The molecule has 1 rings (SSSR count). The van der Waals surface area contributed by atoms with Gasteiger partial charge in [-0.05, 0) is 31.7 Å². The summed E-state index contributed by atoms with van der Waals surface area (Å²) in [6.45, 7) is 2.52. The normalized spacial score (nSPS) is 13.2. The molecule has 1 unspecified atom stereocenters. The van der Waals surface area contributed by atoms with E-state index in [-0.39, 0.29) is 11.7 Å². The molecule has 0 bridgehead atoms. The maximum atomic E-state index is 12.1. The van der Waals surface area contributed by atoms with E-state index in [1.54, 1.807) is 31.0 Å². The molecule has 0 aliphatic rings. The van der Waals surface area contributed by atoms with Crippen LogP contribution >= 0.6 is 0 Å². The van der Waals surface area contributed by atoms with Gasteiger partial charge in [0.1, 0.15) is 9.84 Å². The standard InChI is InChI=1S/C14H23N3O3S/c1-11(17(2)8-9-21(3,19)20)14(18)16-13-6-4-12(10-15)5-7-13/h4-7,11H,8-10,15H2,1-3H3,(H,16,18). The molecule has 1 amide bonds. The number of amides is 1. The third-order valence-electron chi connectivity index (χ3n) is 3.31. The lowest BCUT2D eigenvalue weighted by Crippen LogP contribution is -2.41. The van der Waals surface area contributed by atoms with Gasteiger partial charge in [-0.3, -0.25) is 9.69 Å². The summed E-state index contributed by atoms with van der Waals surface area (Å²) in [5, 5.41) is 2.80. The fourth-order valence-corrected chi connectivity index (χ4v) is 2.29. The Morgan fingerprint density at radius 1 is 1.33 bits per heavy atom. The molecule has 1 aromatic carbocycles. The molecule has 0 aliphatic carbocycles. The Bertz CT molecular complexity index is 570. The number of hydrogen-bond acceptors (Lipinski definition) is 5. The molecule has 0 heterocycles. The van der Waals surface area contributed by atoms with Gasteiger partial charge in [-0.15, -0.1) is 0 Å². The van der Waals surface area contributed by atoms with E-state index in [4.69, 9.17) is 5.73 Å². The number of nitrogens with two attached hydrogens (primary N) is 1. The number of hydrogen-bond donors (Lipinski definition) is 2. The highest BCUT2D eigenvalue weighted by atomic mass is 32.2. The first-order valence-corrected chi connectivity index (χ1v) is 8.77. The molecule has 0 aliphatic heterocycles. The molecule has 0 aromatic heterocycles. The highest BCUT2D eigenvalue weighted by Crippen LogP contribution is 2.10. The number of anilines is 1. The zero-order valence-electron chi connectivity index (χ0n) is 12.7. The second-order valence-electron chi connectivity index (χ2n) is 5.18. The Morgan fingerprint density at radius 3 is 2.38 bits per heavy atom. The maximum absolute atomic E-state index is 12.1. The third kappa shape index (κ3) is 6.24. The Labute approximate surface area is 126 Å². The van der Waals surface area contributed by atoms with Crippen LogP contribution in [0.3, 0.4) is 0 Å². The summed E-state index contributed by atoms with van der Waals surface area (Å²) < 4.78 is 22.3. The van der Waals surface area contributed by atoms with Gasteiger partial charge in [0.2, 0.25) is 5.91 Å². The number of likely N-dealkylation sites (N-methyl/N-ethyl adjacent to an activating group) is 1. The van der Waals surface area contributed by atoms with Crippen LogP contribution in [0.2, 0.25) is 0 Å². The number of carbonyl (C=O) groups is 1. The minimum absolute atomic E-state index is 0.0340. The summed E-state index contributed by atoms with van der Waals surface area (Å²) in [5.74, 6) is -0.140. The van der Waals surface area contributed by atoms with Gasteiger partial charge in [0.15, 0.2) is 0 Å². The van der Waals surface area contributed by atoms with Gasteiger partial charge >= 0.3 is 0 Å². The van der Waals surface area contributed by atoms with Crippen LogP contribution in [0.4, 0.5) is 5.69 Å². The number of nitrogens with one attached hydrogen (secondary N) is 1. The predicted octanol–water partition coefficient (Wildman–Crippen LogP) is 0.449. The Kier molecular flexibility index (Phi) is 6.32. The number of nitrogens with zero attached hydrogens (tertiary/aromatic N) is 1. The molecule has 0 spiro atoms. The van der Waals surface area contributed by atoms with Crippen molar-refractivity contribution in [2.75, 3.05) is 30.9 Å². The molecule has 7 heteroatoms. The zero-order valence-corrected chi connectivity index (χ0v) is 13.5. The van der Waals surface area contributed by atoms with E-state index < -0.39 is 15.9 Å². The molecule has 0 saturated heterocycles. The van der Waals surface area contributed by atoms with Crippen molar-refractivity contribution >= 4 is 21.4 Å². The number of carbonyl (C=O) groups excluding carboxylic acids is 1. The summed E-state index contributed by atoms with van der Waals surface area (Å²) in [4.78, 5) is 13.8. The van der Waals surface area contributed by atoms with E-state index in [2.05, 4.69) is 5.32 Å². The minimum atomic E-state index is -3.03. The molecule has 6 nitrogen and oxygen atoms in total. The molecule has 1 atom stereocenters. The second kappa shape index (κ2) is 7.53. The van der Waals surface area contributed by atoms with Crippen molar-refractivity contribution in [3.8, 4) is 0 Å². The van der Waals surface area contributed by atoms with Crippen molar-refractivity contribution in [3.63, 3.8) is 0 Å². The summed E-state index contributed by atoms with van der Waals surface area (Å²) >= 11 is 0. The largest absolute Gasteiger partial charge is 0.326 e. The van der Waals surface area contributed by atoms with Crippen LogP contribution in [0.5, 0.6) is 0 Å². The van der Waals surface area contributed by atoms with Crippen LogP contribution in [-0.2, 0) is 21.2 Å². The first kappa shape index (κ1) is 17.6. The van der Waals surface area contributed by atoms with Crippen LogP contribution in [0.25, 0.3) is 0 Å². The van der Waals surface area contributed by atoms with E-state index in [1.807, 2.05) is 12.1 Å². The molecule has 1 aromatic rings. The van der Waals surface area contributed by atoms with Crippen LogP contribution in [0.1, 0.15) is 12.5 Å². The van der Waals surface area contributed by atoms with Gasteiger partial charge in [0, 0.05) is 25.0 Å². The SMILES string of the molecule is CC(C(=O)Nc1ccc(CN)cc1)N(C)CCS(C)(=O)=O. The van der Waals surface area contributed by atoms with Crippen LogP contribution in [-0.4, -0.2) is 50.9 Å². The average molecular weight is 313 g/mol. The Morgan fingerprint density at radius 2 is 1.90 bits per heavy atom. The Hall–Kier alpha value is -1.44. The first-order valence-electron chi connectivity index (χ1n) is 6.71. The molecule has 0 fully saturated rings. The van der Waals surface area contributed by atoms with Gasteiger partial charge in [0.05, 0.1) is 11.8 Å². The first-order chi connectivity index (χ1) is 9.73. The van der Waals surface area contributed by atoms with Crippen LogP contribution in [0, 0.1) is 0 Å². The van der Waals surface area contributed by atoms with Crippen molar-refractivity contribution in [2.45, 2.75) is 19.5 Å². The number of rotatable bonds is 7. The molecule has 0 radical (unpaired) electrons. The third-order valence-corrected chi connectivity index (χ3v) is 4.24. The van der Waals surface area contributed by atoms with Crippen molar-refractivity contribution in [1.82, 2.24) is 4.90 Å². The highest BCUT2D eigenvalue weighted by molar-refractivity contribution is 7.90. The van der Waals surface area contributed by atoms with Gasteiger partial charge in [-0.2, -0.15) is 0 Å². The predicted molar refractivity (Wildman–Crippen MR) is 84.8 cm³/mol. The van der Waals surface area contributed by atoms with E-state index in [1.165, 1.54) is 6.26 Å². The topological polar surface area (TPSA) is 92.5 Å². The van der Waals surface area contributed by atoms with Gasteiger partial charge < -0.3 is 11.1 Å². The summed E-state index contributed by atoms with van der Waals surface area (Å²) in [6.07, 6.45) is 1.19. The monoisotopic (exact) mass is 313 g/mol. The van der Waals surface area contributed by atoms with Gasteiger partial charge in [0.25, 0.3) is 0 Å². The van der Waals surface area contributed by atoms with Gasteiger partial charge in [-0.1, -0.05) is 12.1 Å². The van der Waals surface area contributed by atoms with Crippen molar-refractivity contribution in [2.24, 2.45) is 5.73 Å². The smallest absolute Gasteiger partial charge is 0.241 e. The van der Waals surface area contributed by atoms with Crippen LogP contribution in [0.15, 0.2) is 24.3 Å². The zero-order chi connectivity index (χ0) is 16.0. The minimum Gasteiger partial charge on any atom is -0.326 e. The fraction of sp³-hybridized carbons (Fsp3) is 0.500. The highest BCUT2D eigenvalue weighted by Gasteiger charge is 2.19. The quantitative estimate of drug-likeness (QED) is 0.762. The lowest BCUT2D eigenvalue weighted by atomic mass is 10.2. The average Bonchev–Trinajstić information content (AvgIpc) is 2.43. The summed E-state index contributed by atoms with van der Waals surface area (Å²) in [5.41, 5.74) is 7.20.